The van der Waals surface area contributed by atoms with Crippen molar-refractivity contribution in [1.82, 2.24) is 0 Å². The Morgan fingerprint density at radius 2 is 1.32 bits per heavy atom. The highest BCUT2D eigenvalue weighted by Gasteiger charge is 2.25. The molecule has 4 rings (SSSR count). The highest BCUT2D eigenvalue weighted by Crippen LogP contribution is 2.41. The van der Waals surface area contributed by atoms with Gasteiger partial charge in [-0.05, 0) is 71.9 Å². The number of hydrogen-bond acceptors (Lipinski definition) is 0. The Balaban J connectivity index is 1.54. The van der Waals surface area contributed by atoms with Crippen LogP contribution in [0.2, 0.25) is 0 Å². The molecule has 3 aromatic rings. The molecule has 1 fully saturated rings. The van der Waals surface area contributed by atoms with Crippen molar-refractivity contribution >= 4 is 0 Å². The molecule has 2 atom stereocenters. The molecule has 162 valence electrons. The number of rotatable bonds is 7. The number of aryl methyl sites for hydroxylation is 1. The highest BCUT2D eigenvalue weighted by molar-refractivity contribution is 5.72. The van der Waals surface area contributed by atoms with E-state index in [1.807, 2.05) is 36.4 Å². The molecular weight excluding hydrogens is 386 g/mol. The molecule has 2 unspecified atom stereocenters. The predicted molar refractivity (Wildman–Crippen MR) is 126 cm³/mol. The summed E-state index contributed by atoms with van der Waals surface area (Å²) in [5, 5.41) is 0. The zero-order chi connectivity index (χ0) is 21.8. The molecule has 0 saturated heterocycles. The second-order valence-electron chi connectivity index (χ2n) is 9.05. The van der Waals surface area contributed by atoms with Crippen LogP contribution < -0.4 is 0 Å². The monoisotopic (exact) mass is 418 g/mol. The third-order valence-corrected chi connectivity index (χ3v) is 6.79. The average Bonchev–Trinajstić information content (AvgIpc) is 3.25. The molecule has 1 saturated carbocycles. The lowest BCUT2D eigenvalue weighted by Gasteiger charge is -2.13. The normalized spacial score (nSPS) is 18.5. The van der Waals surface area contributed by atoms with Gasteiger partial charge in [-0.25, -0.2) is 8.78 Å². The maximum absolute atomic E-state index is 15.0. The molecule has 31 heavy (non-hydrogen) atoms. The zero-order valence-corrected chi connectivity index (χ0v) is 18.6. The van der Waals surface area contributed by atoms with E-state index in [0.29, 0.717) is 22.6 Å². The van der Waals surface area contributed by atoms with Crippen molar-refractivity contribution in [2.45, 2.75) is 64.7 Å². The molecule has 0 amide bonds. The third-order valence-electron chi connectivity index (χ3n) is 6.79. The number of halogens is 2. The van der Waals surface area contributed by atoms with Gasteiger partial charge in [-0.3, -0.25) is 0 Å². The lowest BCUT2D eigenvalue weighted by molar-refractivity contribution is 0.489. The van der Waals surface area contributed by atoms with E-state index in [-0.39, 0.29) is 11.6 Å². The Labute approximate surface area is 185 Å². The molecule has 2 heteroatoms. The van der Waals surface area contributed by atoms with Crippen molar-refractivity contribution < 1.29 is 8.78 Å². The molecule has 0 aliphatic heterocycles. The van der Waals surface area contributed by atoms with Crippen LogP contribution in [0.1, 0.15) is 69.4 Å². The van der Waals surface area contributed by atoms with Crippen LogP contribution in [-0.4, -0.2) is 0 Å². The fourth-order valence-electron chi connectivity index (χ4n) is 5.11. The first kappa shape index (κ1) is 21.7. The molecule has 0 spiro atoms. The van der Waals surface area contributed by atoms with Gasteiger partial charge < -0.3 is 0 Å². The van der Waals surface area contributed by atoms with Crippen LogP contribution in [0.25, 0.3) is 22.3 Å². The smallest absolute Gasteiger partial charge is 0.131 e. The molecular formula is C29H32F2. The van der Waals surface area contributed by atoms with Gasteiger partial charge in [0.05, 0.1) is 0 Å². The minimum atomic E-state index is -0.387. The second-order valence-corrected chi connectivity index (χ2v) is 9.05. The van der Waals surface area contributed by atoms with Crippen LogP contribution >= 0.6 is 0 Å². The van der Waals surface area contributed by atoms with E-state index in [1.54, 1.807) is 0 Å². The molecule has 0 radical (unpaired) electrons. The van der Waals surface area contributed by atoms with E-state index in [9.17, 15) is 8.78 Å². The molecule has 3 aromatic carbocycles. The fourth-order valence-corrected chi connectivity index (χ4v) is 5.11. The van der Waals surface area contributed by atoms with Crippen molar-refractivity contribution in [3.05, 3.63) is 83.4 Å². The van der Waals surface area contributed by atoms with Crippen molar-refractivity contribution in [2.75, 3.05) is 0 Å². The summed E-state index contributed by atoms with van der Waals surface area (Å²) >= 11 is 0. The summed E-state index contributed by atoms with van der Waals surface area (Å²) in [5.74, 6) is 0.669. The van der Waals surface area contributed by atoms with E-state index in [0.717, 1.165) is 24.3 Å². The van der Waals surface area contributed by atoms with Gasteiger partial charge in [0.15, 0.2) is 0 Å². The molecule has 1 aliphatic rings. The molecule has 0 N–H and O–H groups in total. The quantitative estimate of drug-likeness (QED) is 0.359. The van der Waals surface area contributed by atoms with Crippen molar-refractivity contribution in [3.63, 3.8) is 0 Å². The fraction of sp³-hybridized carbons (Fsp3) is 0.379. The van der Waals surface area contributed by atoms with E-state index in [4.69, 9.17) is 0 Å². The Bertz CT molecular complexity index is 1000. The first-order chi connectivity index (χ1) is 15.1. The molecule has 1 aliphatic carbocycles. The maximum atomic E-state index is 15.0. The van der Waals surface area contributed by atoms with Gasteiger partial charge in [0.2, 0.25) is 0 Å². The van der Waals surface area contributed by atoms with Crippen LogP contribution in [0.15, 0.2) is 60.7 Å². The first-order valence-corrected chi connectivity index (χ1v) is 11.8. The van der Waals surface area contributed by atoms with Gasteiger partial charge in [-0.1, -0.05) is 81.6 Å². The van der Waals surface area contributed by atoms with Gasteiger partial charge in [0, 0.05) is 11.1 Å². The molecule has 0 heterocycles. The Morgan fingerprint density at radius 3 is 1.87 bits per heavy atom. The average molecular weight is 419 g/mol. The van der Waals surface area contributed by atoms with Crippen LogP contribution in [-0.2, 0) is 6.42 Å². The minimum Gasteiger partial charge on any atom is -0.206 e. The summed E-state index contributed by atoms with van der Waals surface area (Å²) in [4.78, 5) is 0. The minimum absolute atomic E-state index is 0.314. The van der Waals surface area contributed by atoms with Crippen LogP contribution in [0, 0.1) is 17.6 Å². The van der Waals surface area contributed by atoms with E-state index >= 15 is 0 Å². The Hall–Kier alpha value is -2.48. The van der Waals surface area contributed by atoms with E-state index in [1.165, 1.54) is 55.4 Å². The van der Waals surface area contributed by atoms with Gasteiger partial charge in [-0.15, -0.1) is 0 Å². The predicted octanol–water partition coefficient (Wildman–Crippen LogP) is 8.94. The Kier molecular flexibility index (Phi) is 6.85. The van der Waals surface area contributed by atoms with Crippen LogP contribution in [0.5, 0.6) is 0 Å². The number of hydrogen-bond donors (Lipinski definition) is 0. The molecule has 0 aromatic heterocycles. The standard InChI is InChI=1S/C29H32F2/c1-3-5-20-7-10-23(11-8-20)26-18-29(31)27(19-28(26)30)24-15-13-22(14-16-24)25-12-9-21(17-25)6-4-2/h7-8,10-11,13-16,18-19,21,25H,3-6,9,12,17H2,1-2H3. The third kappa shape index (κ3) is 4.89. The maximum Gasteiger partial charge on any atom is 0.131 e. The largest absolute Gasteiger partial charge is 0.206 e. The number of benzene rings is 3. The van der Waals surface area contributed by atoms with E-state index < -0.39 is 0 Å². The van der Waals surface area contributed by atoms with Gasteiger partial charge in [0.1, 0.15) is 11.6 Å². The van der Waals surface area contributed by atoms with Crippen molar-refractivity contribution in [1.29, 1.82) is 0 Å². The first-order valence-electron chi connectivity index (χ1n) is 11.8. The van der Waals surface area contributed by atoms with Crippen molar-refractivity contribution in [2.24, 2.45) is 5.92 Å². The van der Waals surface area contributed by atoms with Gasteiger partial charge in [0.25, 0.3) is 0 Å². The SMILES string of the molecule is CCCc1ccc(-c2cc(F)c(-c3ccc(C4CCC(CCC)C4)cc3)cc2F)cc1. The summed E-state index contributed by atoms with van der Waals surface area (Å²) < 4.78 is 29.9. The lowest BCUT2D eigenvalue weighted by Crippen LogP contribution is -1.96. The Morgan fingerprint density at radius 1 is 0.742 bits per heavy atom. The summed E-state index contributed by atoms with van der Waals surface area (Å²) in [6, 6.07) is 18.5. The highest BCUT2D eigenvalue weighted by atomic mass is 19.1. The van der Waals surface area contributed by atoms with Crippen molar-refractivity contribution in [3.8, 4) is 22.3 Å². The van der Waals surface area contributed by atoms with Gasteiger partial charge >= 0.3 is 0 Å². The summed E-state index contributed by atoms with van der Waals surface area (Å²) in [7, 11) is 0. The topological polar surface area (TPSA) is 0 Å². The van der Waals surface area contributed by atoms with E-state index in [2.05, 4.69) is 26.0 Å². The molecule has 0 nitrogen and oxygen atoms in total. The lowest BCUT2D eigenvalue weighted by atomic mass is 9.92. The summed E-state index contributed by atoms with van der Waals surface area (Å²) in [5.41, 5.74) is 4.62. The molecule has 0 bridgehead atoms. The summed E-state index contributed by atoms with van der Waals surface area (Å²) in [6.45, 7) is 4.38. The zero-order valence-electron chi connectivity index (χ0n) is 18.6. The van der Waals surface area contributed by atoms with Crippen LogP contribution in [0.3, 0.4) is 0 Å². The summed E-state index contributed by atoms with van der Waals surface area (Å²) in [6.07, 6.45) is 8.41. The van der Waals surface area contributed by atoms with Crippen LogP contribution in [0.4, 0.5) is 8.78 Å². The van der Waals surface area contributed by atoms with Gasteiger partial charge in [-0.2, -0.15) is 0 Å². The second kappa shape index (κ2) is 9.77.